The molecule has 0 aliphatic carbocycles. The van der Waals surface area contributed by atoms with Crippen molar-refractivity contribution in [3.05, 3.63) is 72.9 Å². The molecule has 2 atom stereocenters. The van der Waals surface area contributed by atoms with E-state index in [2.05, 4.69) is 25.4 Å². The van der Waals surface area contributed by atoms with E-state index >= 15 is 0 Å². The number of ether oxygens (including phenoxy) is 2. The van der Waals surface area contributed by atoms with E-state index in [0.717, 1.165) is 53.6 Å². The van der Waals surface area contributed by atoms with Crippen LogP contribution < -0.4 is 14.8 Å². The highest BCUT2D eigenvalue weighted by atomic mass is 19.3. The van der Waals surface area contributed by atoms with Crippen LogP contribution in [-0.4, -0.2) is 60.6 Å². The standard InChI is InChI=1S/C30H29F2N7O2/c1-18-11-19(5-8-25(18)40-22-9-10-39-28(14-22)34-17-36-39)37-30-29-24(33-16-35-30)3-2-4-26(29)41-23-12-20-6-7-21(13-23)38(20)15-27(31)32/h2-5,8-11,14,16-17,20-21,23,27H,6-7,12-13,15H2,1H3,(H,33,35,37). The van der Waals surface area contributed by atoms with Crippen molar-refractivity contribution in [3.8, 4) is 17.2 Å². The van der Waals surface area contributed by atoms with Crippen molar-refractivity contribution in [3.63, 3.8) is 0 Å². The Morgan fingerprint density at radius 2 is 1.83 bits per heavy atom. The van der Waals surface area contributed by atoms with Crippen LogP contribution in [0.4, 0.5) is 20.3 Å². The molecule has 2 aliphatic rings. The average molecular weight is 558 g/mol. The molecule has 2 bridgehead atoms. The number of halogens is 2. The Balaban J connectivity index is 1.11. The molecule has 5 heterocycles. The topological polar surface area (TPSA) is 89.7 Å². The highest BCUT2D eigenvalue weighted by Gasteiger charge is 2.42. The molecule has 2 aromatic carbocycles. The number of pyridine rings is 1. The maximum Gasteiger partial charge on any atom is 0.251 e. The van der Waals surface area contributed by atoms with Gasteiger partial charge in [-0.1, -0.05) is 6.07 Å². The first-order chi connectivity index (χ1) is 20.0. The summed E-state index contributed by atoms with van der Waals surface area (Å²) in [6.07, 6.45) is 5.84. The lowest BCUT2D eigenvalue weighted by Crippen LogP contribution is -2.48. The molecule has 2 saturated heterocycles. The fourth-order valence-electron chi connectivity index (χ4n) is 6.19. The van der Waals surface area contributed by atoms with Crippen molar-refractivity contribution in [1.82, 2.24) is 29.5 Å². The van der Waals surface area contributed by atoms with Crippen LogP contribution in [0.15, 0.2) is 67.4 Å². The van der Waals surface area contributed by atoms with Crippen molar-refractivity contribution in [2.45, 2.75) is 57.2 Å². The molecule has 41 heavy (non-hydrogen) atoms. The maximum atomic E-state index is 13.1. The zero-order valence-electron chi connectivity index (χ0n) is 22.5. The predicted octanol–water partition coefficient (Wildman–Crippen LogP) is 6.16. The van der Waals surface area contributed by atoms with Crippen LogP contribution in [-0.2, 0) is 0 Å². The molecule has 7 rings (SSSR count). The van der Waals surface area contributed by atoms with Gasteiger partial charge in [0.2, 0.25) is 0 Å². The van der Waals surface area contributed by atoms with Gasteiger partial charge in [0.1, 0.15) is 41.8 Å². The quantitative estimate of drug-likeness (QED) is 0.243. The van der Waals surface area contributed by atoms with Crippen molar-refractivity contribution in [2.24, 2.45) is 0 Å². The number of hydrogen-bond acceptors (Lipinski definition) is 8. The van der Waals surface area contributed by atoms with Crippen molar-refractivity contribution < 1.29 is 18.3 Å². The molecular formula is C30H29F2N7O2. The second-order valence-corrected chi connectivity index (χ2v) is 10.7. The van der Waals surface area contributed by atoms with Gasteiger partial charge in [-0.05, 0) is 74.6 Å². The van der Waals surface area contributed by atoms with Crippen molar-refractivity contribution in [1.29, 1.82) is 0 Å². The maximum absolute atomic E-state index is 13.1. The molecule has 0 spiro atoms. The minimum absolute atomic E-state index is 0.0456. The van der Waals surface area contributed by atoms with Crippen LogP contribution >= 0.6 is 0 Å². The molecule has 9 nitrogen and oxygen atoms in total. The molecule has 0 radical (unpaired) electrons. The number of hydrogen-bond donors (Lipinski definition) is 1. The number of aromatic nitrogens is 5. The smallest absolute Gasteiger partial charge is 0.251 e. The zero-order chi connectivity index (χ0) is 27.9. The van der Waals surface area contributed by atoms with Gasteiger partial charge in [-0.15, -0.1) is 0 Å². The van der Waals surface area contributed by atoms with Gasteiger partial charge in [0, 0.05) is 30.0 Å². The number of piperidine rings is 1. The third-order valence-corrected chi connectivity index (χ3v) is 8.03. The summed E-state index contributed by atoms with van der Waals surface area (Å²) in [6, 6.07) is 15.6. The zero-order valence-corrected chi connectivity index (χ0v) is 22.5. The fraction of sp³-hybridized carbons (Fsp3) is 0.333. The first kappa shape index (κ1) is 25.6. The minimum Gasteiger partial charge on any atom is -0.489 e. The summed E-state index contributed by atoms with van der Waals surface area (Å²) < 4.78 is 40.6. The molecule has 2 fully saturated rings. The van der Waals surface area contributed by atoms with E-state index in [9.17, 15) is 8.78 Å². The van der Waals surface area contributed by atoms with Gasteiger partial charge in [-0.3, -0.25) is 4.90 Å². The van der Waals surface area contributed by atoms with Gasteiger partial charge in [0.25, 0.3) is 6.43 Å². The number of benzene rings is 2. The molecule has 2 aliphatic heterocycles. The van der Waals surface area contributed by atoms with Gasteiger partial charge >= 0.3 is 0 Å². The Labute approximate surface area is 235 Å². The Kier molecular flexibility index (Phi) is 6.58. The number of nitrogens with one attached hydrogen (secondary N) is 1. The summed E-state index contributed by atoms with van der Waals surface area (Å²) in [5.74, 6) is 2.72. The van der Waals surface area contributed by atoms with Crippen LogP contribution in [0.1, 0.15) is 31.2 Å². The summed E-state index contributed by atoms with van der Waals surface area (Å²) in [6.45, 7) is 1.83. The minimum atomic E-state index is -2.31. The van der Waals surface area contributed by atoms with Gasteiger partial charge < -0.3 is 14.8 Å². The summed E-state index contributed by atoms with van der Waals surface area (Å²) in [4.78, 5) is 15.2. The third-order valence-electron chi connectivity index (χ3n) is 8.03. The lowest BCUT2D eigenvalue weighted by Gasteiger charge is -2.38. The number of anilines is 2. The van der Waals surface area contributed by atoms with Crippen LogP contribution in [0.25, 0.3) is 16.6 Å². The van der Waals surface area contributed by atoms with Crippen molar-refractivity contribution >= 4 is 28.1 Å². The summed E-state index contributed by atoms with van der Waals surface area (Å²) >= 11 is 0. The molecule has 3 aromatic heterocycles. The normalized spacial score (nSPS) is 20.6. The van der Waals surface area contributed by atoms with Gasteiger partial charge in [-0.2, -0.15) is 5.10 Å². The van der Waals surface area contributed by atoms with E-state index in [1.165, 1.54) is 12.7 Å². The second kappa shape index (κ2) is 10.5. The summed E-state index contributed by atoms with van der Waals surface area (Å²) in [5, 5.41) is 8.34. The Morgan fingerprint density at radius 3 is 2.63 bits per heavy atom. The van der Waals surface area contributed by atoms with Crippen LogP contribution in [0.3, 0.4) is 0 Å². The van der Waals surface area contributed by atoms with E-state index in [-0.39, 0.29) is 24.7 Å². The summed E-state index contributed by atoms with van der Waals surface area (Å²) in [7, 11) is 0. The first-order valence-electron chi connectivity index (χ1n) is 13.8. The van der Waals surface area contributed by atoms with Crippen molar-refractivity contribution in [2.75, 3.05) is 11.9 Å². The Hall–Kier alpha value is -4.38. The second-order valence-electron chi connectivity index (χ2n) is 10.7. The largest absolute Gasteiger partial charge is 0.489 e. The van der Waals surface area contributed by atoms with E-state index < -0.39 is 6.43 Å². The molecule has 2 unspecified atom stereocenters. The van der Waals surface area contributed by atoms with E-state index in [4.69, 9.17) is 9.47 Å². The molecule has 0 amide bonds. The van der Waals surface area contributed by atoms with E-state index in [1.54, 1.807) is 10.7 Å². The fourth-order valence-corrected chi connectivity index (χ4v) is 6.19. The lowest BCUT2D eigenvalue weighted by molar-refractivity contribution is 0.00794. The van der Waals surface area contributed by atoms with Gasteiger partial charge in [0.05, 0.1) is 17.4 Å². The molecule has 210 valence electrons. The number of aryl methyl sites for hydroxylation is 1. The third kappa shape index (κ3) is 5.13. The monoisotopic (exact) mass is 557 g/mol. The molecule has 0 saturated carbocycles. The lowest BCUT2D eigenvalue weighted by atomic mass is 9.99. The Bertz CT molecular complexity index is 1690. The Morgan fingerprint density at radius 1 is 0.976 bits per heavy atom. The van der Waals surface area contributed by atoms with E-state index in [0.29, 0.717) is 23.0 Å². The highest BCUT2D eigenvalue weighted by Crippen LogP contribution is 2.40. The number of rotatable bonds is 8. The summed E-state index contributed by atoms with van der Waals surface area (Å²) in [5.41, 5.74) is 3.25. The van der Waals surface area contributed by atoms with Crippen LogP contribution in [0, 0.1) is 6.92 Å². The molecular weight excluding hydrogens is 528 g/mol. The van der Waals surface area contributed by atoms with Crippen LogP contribution in [0.5, 0.6) is 17.2 Å². The average Bonchev–Trinajstić information content (AvgIpc) is 3.50. The van der Waals surface area contributed by atoms with E-state index in [1.807, 2.05) is 60.4 Å². The first-order valence-corrected chi connectivity index (χ1v) is 13.8. The van der Waals surface area contributed by atoms with Crippen LogP contribution in [0.2, 0.25) is 0 Å². The number of alkyl halides is 2. The molecule has 1 N–H and O–H groups in total. The highest BCUT2D eigenvalue weighted by molar-refractivity contribution is 5.95. The van der Waals surface area contributed by atoms with Gasteiger partial charge in [0.15, 0.2) is 5.65 Å². The number of fused-ring (bicyclic) bond motifs is 4. The van der Waals surface area contributed by atoms with Gasteiger partial charge in [-0.25, -0.2) is 28.2 Å². The molecule has 5 aromatic rings. The molecule has 11 heteroatoms. The number of nitrogens with zero attached hydrogens (tertiary/aromatic N) is 6. The SMILES string of the molecule is Cc1cc(Nc2ncnc3cccc(OC4CC5CCC(C4)N5CC(F)F)c23)ccc1Oc1ccn2ncnc2c1. The predicted molar refractivity (Wildman–Crippen MR) is 150 cm³/mol.